The third-order valence-electron chi connectivity index (χ3n) is 3.00. The smallest absolute Gasteiger partial charge is 0.352 e. The number of hydrogen-bond donors (Lipinski definition) is 1. The van der Waals surface area contributed by atoms with Gasteiger partial charge in [-0.15, -0.1) is 0 Å². The molecule has 1 aliphatic rings. The van der Waals surface area contributed by atoms with Crippen LogP contribution < -0.4 is 0 Å². The van der Waals surface area contributed by atoms with E-state index in [4.69, 9.17) is 9.84 Å². The lowest BCUT2D eigenvalue weighted by Crippen LogP contribution is -2.23. The Labute approximate surface area is 99.0 Å². The predicted molar refractivity (Wildman–Crippen MR) is 60.5 cm³/mol. The molecule has 1 aromatic heterocycles. The van der Waals surface area contributed by atoms with Gasteiger partial charge in [0.2, 0.25) is 0 Å². The summed E-state index contributed by atoms with van der Waals surface area (Å²) in [5, 5.41) is 9.12. The Morgan fingerprint density at radius 3 is 2.82 bits per heavy atom. The molecule has 1 N–H and O–H groups in total. The van der Waals surface area contributed by atoms with Crippen LogP contribution in [-0.2, 0) is 4.74 Å². The van der Waals surface area contributed by atoms with E-state index in [1.807, 2.05) is 0 Å². The number of carbonyl (C=O) groups excluding carboxylic acids is 1. The topological polar surface area (TPSA) is 68.5 Å². The first-order chi connectivity index (χ1) is 8.09. The monoisotopic (exact) mass is 237 g/mol. The lowest BCUT2D eigenvalue weighted by atomic mass is 10.1. The van der Waals surface area contributed by atoms with Gasteiger partial charge in [0.1, 0.15) is 5.69 Å². The fraction of sp³-hybridized carbons (Fsp3) is 0.500. The minimum absolute atomic E-state index is 0.0166. The van der Waals surface area contributed by atoms with E-state index in [1.165, 1.54) is 13.0 Å². The van der Waals surface area contributed by atoms with E-state index in [2.05, 4.69) is 0 Å². The summed E-state index contributed by atoms with van der Waals surface area (Å²) in [4.78, 5) is 22.4. The van der Waals surface area contributed by atoms with Crippen LogP contribution in [0.2, 0.25) is 0 Å². The molecule has 1 saturated heterocycles. The molecule has 92 valence electrons. The second kappa shape index (κ2) is 4.71. The van der Waals surface area contributed by atoms with E-state index in [1.54, 1.807) is 10.8 Å². The van der Waals surface area contributed by atoms with Crippen LogP contribution >= 0.6 is 0 Å². The Morgan fingerprint density at radius 1 is 1.53 bits per heavy atom. The summed E-state index contributed by atoms with van der Waals surface area (Å²) in [6.45, 7) is 2.66. The minimum Gasteiger partial charge on any atom is -0.477 e. The molecular weight excluding hydrogens is 222 g/mol. The standard InChI is InChI=1S/C12H15NO4/c1-8(14)9-5-11(12(15)16)13(6-9)10-3-2-4-17-7-10/h5-6,10H,2-4,7H2,1H3,(H,15,16). The number of aromatic carboxylic acids is 1. The molecule has 0 saturated carbocycles. The molecule has 1 fully saturated rings. The van der Waals surface area contributed by atoms with E-state index >= 15 is 0 Å². The Bertz CT molecular complexity index is 443. The van der Waals surface area contributed by atoms with Crippen molar-refractivity contribution < 1.29 is 19.4 Å². The summed E-state index contributed by atoms with van der Waals surface area (Å²) in [5.74, 6) is -1.13. The fourth-order valence-electron chi connectivity index (χ4n) is 2.09. The molecule has 0 aromatic carbocycles. The van der Waals surface area contributed by atoms with Gasteiger partial charge >= 0.3 is 5.97 Å². The number of ether oxygens (including phenoxy) is 1. The Hall–Kier alpha value is -1.62. The molecule has 1 atom stereocenters. The highest BCUT2D eigenvalue weighted by Gasteiger charge is 2.22. The molecule has 2 rings (SSSR count). The fourth-order valence-corrected chi connectivity index (χ4v) is 2.09. The zero-order chi connectivity index (χ0) is 12.4. The number of rotatable bonds is 3. The maximum atomic E-state index is 11.3. The number of ketones is 1. The number of carboxylic acid groups (broad SMARTS) is 1. The molecule has 1 unspecified atom stereocenters. The lowest BCUT2D eigenvalue weighted by Gasteiger charge is -2.24. The van der Waals surface area contributed by atoms with Crippen molar-refractivity contribution in [3.8, 4) is 0 Å². The maximum absolute atomic E-state index is 11.3. The van der Waals surface area contributed by atoms with Crippen LogP contribution in [0.15, 0.2) is 12.3 Å². The van der Waals surface area contributed by atoms with Crippen molar-refractivity contribution >= 4 is 11.8 Å². The van der Waals surface area contributed by atoms with E-state index in [9.17, 15) is 9.59 Å². The largest absolute Gasteiger partial charge is 0.477 e. The van der Waals surface area contributed by atoms with Crippen LogP contribution in [0.3, 0.4) is 0 Å². The number of carbonyl (C=O) groups is 2. The van der Waals surface area contributed by atoms with Gasteiger partial charge in [0, 0.05) is 18.4 Å². The van der Waals surface area contributed by atoms with Crippen LogP contribution in [0.25, 0.3) is 0 Å². The summed E-state index contributed by atoms with van der Waals surface area (Å²) in [7, 11) is 0. The van der Waals surface area contributed by atoms with Gasteiger partial charge < -0.3 is 14.4 Å². The van der Waals surface area contributed by atoms with E-state index in [0.29, 0.717) is 12.2 Å². The molecule has 17 heavy (non-hydrogen) atoms. The van der Waals surface area contributed by atoms with Crippen LogP contribution in [-0.4, -0.2) is 34.6 Å². The van der Waals surface area contributed by atoms with Gasteiger partial charge in [-0.1, -0.05) is 0 Å². The predicted octanol–water partition coefficient (Wildman–Crippen LogP) is 1.74. The van der Waals surface area contributed by atoms with Crippen LogP contribution in [0, 0.1) is 0 Å². The number of Topliss-reactive ketones (excluding diaryl/α,β-unsaturated/α-hetero) is 1. The molecule has 0 aliphatic carbocycles. The molecule has 2 heterocycles. The zero-order valence-electron chi connectivity index (χ0n) is 9.68. The molecule has 5 nitrogen and oxygen atoms in total. The third-order valence-corrected chi connectivity index (χ3v) is 3.00. The van der Waals surface area contributed by atoms with Crippen LogP contribution in [0.1, 0.15) is 46.7 Å². The van der Waals surface area contributed by atoms with Gasteiger partial charge in [-0.05, 0) is 25.8 Å². The Balaban J connectivity index is 2.36. The van der Waals surface area contributed by atoms with E-state index < -0.39 is 5.97 Å². The molecule has 0 radical (unpaired) electrons. The quantitative estimate of drug-likeness (QED) is 0.813. The average molecular weight is 237 g/mol. The van der Waals surface area contributed by atoms with Crippen molar-refractivity contribution in [3.63, 3.8) is 0 Å². The summed E-state index contributed by atoms with van der Waals surface area (Å²) in [6.07, 6.45) is 3.41. The highest BCUT2D eigenvalue weighted by molar-refractivity contribution is 5.97. The first-order valence-corrected chi connectivity index (χ1v) is 5.63. The minimum atomic E-state index is -1.01. The average Bonchev–Trinajstić information content (AvgIpc) is 2.75. The van der Waals surface area contributed by atoms with Crippen molar-refractivity contribution in [2.75, 3.05) is 13.2 Å². The highest BCUT2D eigenvalue weighted by Crippen LogP contribution is 2.23. The van der Waals surface area contributed by atoms with Gasteiger partial charge in [0.15, 0.2) is 5.78 Å². The summed E-state index contributed by atoms with van der Waals surface area (Å²) >= 11 is 0. The molecule has 5 heteroatoms. The lowest BCUT2D eigenvalue weighted by molar-refractivity contribution is 0.0539. The Kier molecular flexibility index (Phi) is 3.28. The van der Waals surface area contributed by atoms with Gasteiger partial charge in [0.05, 0.1) is 12.6 Å². The van der Waals surface area contributed by atoms with Crippen molar-refractivity contribution in [2.24, 2.45) is 0 Å². The summed E-state index contributed by atoms with van der Waals surface area (Å²) in [5.41, 5.74) is 0.596. The summed E-state index contributed by atoms with van der Waals surface area (Å²) in [6, 6.07) is 1.45. The zero-order valence-corrected chi connectivity index (χ0v) is 9.68. The molecule has 1 aliphatic heterocycles. The van der Waals surface area contributed by atoms with Gasteiger partial charge in [-0.25, -0.2) is 4.79 Å². The SMILES string of the molecule is CC(=O)c1cc(C(=O)O)n(C2CCCOC2)c1. The van der Waals surface area contributed by atoms with E-state index in [-0.39, 0.29) is 17.5 Å². The van der Waals surface area contributed by atoms with Gasteiger partial charge in [-0.3, -0.25) is 4.79 Å². The molecule has 0 bridgehead atoms. The second-order valence-corrected chi connectivity index (χ2v) is 4.25. The number of hydrogen-bond acceptors (Lipinski definition) is 3. The first kappa shape index (κ1) is 11.9. The van der Waals surface area contributed by atoms with Crippen molar-refractivity contribution in [1.29, 1.82) is 0 Å². The second-order valence-electron chi connectivity index (χ2n) is 4.25. The van der Waals surface area contributed by atoms with Crippen molar-refractivity contribution in [3.05, 3.63) is 23.5 Å². The van der Waals surface area contributed by atoms with Crippen molar-refractivity contribution in [2.45, 2.75) is 25.8 Å². The van der Waals surface area contributed by atoms with E-state index in [0.717, 1.165) is 19.4 Å². The molecule has 0 amide bonds. The number of aromatic nitrogens is 1. The van der Waals surface area contributed by atoms with Crippen LogP contribution in [0.5, 0.6) is 0 Å². The van der Waals surface area contributed by atoms with Crippen molar-refractivity contribution in [1.82, 2.24) is 4.57 Å². The first-order valence-electron chi connectivity index (χ1n) is 5.63. The normalized spacial score (nSPS) is 20.2. The molecule has 0 spiro atoms. The highest BCUT2D eigenvalue weighted by atomic mass is 16.5. The van der Waals surface area contributed by atoms with Gasteiger partial charge in [-0.2, -0.15) is 0 Å². The summed E-state index contributed by atoms with van der Waals surface area (Å²) < 4.78 is 6.99. The number of carboxylic acids is 1. The molecule has 1 aromatic rings. The third kappa shape index (κ3) is 2.39. The number of nitrogens with zero attached hydrogens (tertiary/aromatic N) is 1. The molecular formula is C12H15NO4. The maximum Gasteiger partial charge on any atom is 0.352 e. The van der Waals surface area contributed by atoms with Crippen LogP contribution in [0.4, 0.5) is 0 Å². The van der Waals surface area contributed by atoms with Gasteiger partial charge in [0.25, 0.3) is 0 Å². The Morgan fingerprint density at radius 2 is 2.29 bits per heavy atom.